The number of rotatable bonds is 6. The molecule has 0 radical (unpaired) electrons. The topological polar surface area (TPSA) is 106 Å². The maximum absolute atomic E-state index is 11.9. The maximum atomic E-state index is 11.9. The van der Waals surface area contributed by atoms with Crippen LogP contribution in [0.1, 0.15) is 20.8 Å². The molecule has 7 heteroatoms. The molecular weight excluding hydrogens is 218 g/mol. The van der Waals surface area contributed by atoms with Gasteiger partial charge in [0.15, 0.2) is 0 Å². The molecule has 0 heterocycles. The Morgan fingerprint density at radius 2 is 1.80 bits per heavy atom. The first kappa shape index (κ1) is 14.3. The minimum absolute atomic E-state index is 0.0182. The van der Waals surface area contributed by atoms with E-state index < -0.39 is 21.2 Å². The average Bonchev–Trinajstić information content (AvgIpc) is 2.11. The predicted octanol–water partition coefficient (Wildman–Crippen LogP) is -1.14. The summed E-state index contributed by atoms with van der Waals surface area (Å²) in [6.07, 6.45) is 0. The number of amides is 1. The molecule has 0 saturated carbocycles. The first-order chi connectivity index (χ1) is 6.73. The Kier molecular flexibility index (Phi) is 5.19. The lowest BCUT2D eigenvalue weighted by atomic mass is 10.4. The Labute approximate surface area is 90.7 Å². The summed E-state index contributed by atoms with van der Waals surface area (Å²) in [6.45, 7) is 4.59. The molecule has 0 aromatic heterocycles. The van der Waals surface area contributed by atoms with E-state index in [2.05, 4.69) is 0 Å². The van der Waals surface area contributed by atoms with Gasteiger partial charge in [-0.2, -0.15) is 4.31 Å². The van der Waals surface area contributed by atoms with Gasteiger partial charge in [-0.1, -0.05) is 0 Å². The minimum Gasteiger partial charge on any atom is -0.369 e. The number of hydrogen-bond donors (Lipinski definition) is 2. The quantitative estimate of drug-likeness (QED) is 0.609. The number of primary amides is 1. The second-order valence-corrected chi connectivity index (χ2v) is 6.00. The van der Waals surface area contributed by atoms with Crippen molar-refractivity contribution in [1.29, 1.82) is 0 Å². The lowest BCUT2D eigenvalue weighted by Gasteiger charge is -2.27. The van der Waals surface area contributed by atoms with Crippen molar-refractivity contribution < 1.29 is 13.2 Å². The third-order valence-corrected chi connectivity index (χ3v) is 4.47. The molecule has 1 amide bonds. The summed E-state index contributed by atoms with van der Waals surface area (Å²) in [5.74, 6) is -0.670. The van der Waals surface area contributed by atoms with Crippen LogP contribution in [0.15, 0.2) is 0 Å². The van der Waals surface area contributed by atoms with Crippen LogP contribution in [0.25, 0.3) is 0 Å². The predicted molar refractivity (Wildman–Crippen MR) is 58.5 cm³/mol. The van der Waals surface area contributed by atoms with Crippen LogP contribution in [0.4, 0.5) is 0 Å². The van der Waals surface area contributed by atoms with Gasteiger partial charge in [-0.25, -0.2) is 8.42 Å². The molecule has 6 nitrogen and oxygen atoms in total. The standard InChI is InChI=1S/C8H19N3O3S/c1-6(2)11(5-8(10)12)15(13,14)7(3)4-9/h6-7H,4-5,9H2,1-3H3,(H2,10,12). The van der Waals surface area contributed by atoms with Crippen molar-refractivity contribution in [2.24, 2.45) is 11.5 Å². The first-order valence-corrected chi connectivity index (χ1v) is 6.22. The molecule has 0 aliphatic heterocycles. The van der Waals surface area contributed by atoms with Gasteiger partial charge in [0.25, 0.3) is 0 Å². The maximum Gasteiger partial charge on any atom is 0.232 e. The zero-order valence-corrected chi connectivity index (χ0v) is 10.1. The van der Waals surface area contributed by atoms with Crippen molar-refractivity contribution in [1.82, 2.24) is 4.31 Å². The largest absolute Gasteiger partial charge is 0.369 e. The molecule has 90 valence electrons. The Hall–Kier alpha value is -0.660. The fourth-order valence-electron chi connectivity index (χ4n) is 1.07. The number of hydrogen-bond acceptors (Lipinski definition) is 4. The highest BCUT2D eigenvalue weighted by atomic mass is 32.2. The van der Waals surface area contributed by atoms with Crippen molar-refractivity contribution in [3.05, 3.63) is 0 Å². The van der Waals surface area contributed by atoms with Gasteiger partial charge in [-0.15, -0.1) is 0 Å². The van der Waals surface area contributed by atoms with Gasteiger partial charge < -0.3 is 11.5 Å². The molecule has 1 atom stereocenters. The van der Waals surface area contributed by atoms with Crippen LogP contribution >= 0.6 is 0 Å². The van der Waals surface area contributed by atoms with Crippen LogP contribution in [-0.2, 0) is 14.8 Å². The third-order valence-electron chi connectivity index (χ3n) is 2.05. The van der Waals surface area contributed by atoms with Gasteiger partial charge in [-0.05, 0) is 20.8 Å². The van der Waals surface area contributed by atoms with Crippen LogP contribution in [0.3, 0.4) is 0 Å². The summed E-state index contributed by atoms with van der Waals surface area (Å²) in [5, 5.41) is -0.709. The molecule has 0 rings (SSSR count). The molecule has 0 aliphatic rings. The van der Waals surface area contributed by atoms with E-state index in [9.17, 15) is 13.2 Å². The van der Waals surface area contributed by atoms with E-state index in [1.54, 1.807) is 13.8 Å². The number of nitrogens with two attached hydrogens (primary N) is 2. The van der Waals surface area contributed by atoms with Gasteiger partial charge in [0.1, 0.15) is 0 Å². The highest BCUT2D eigenvalue weighted by molar-refractivity contribution is 7.89. The third kappa shape index (κ3) is 3.77. The molecule has 0 aliphatic carbocycles. The number of nitrogens with zero attached hydrogens (tertiary/aromatic N) is 1. The van der Waals surface area contributed by atoms with Crippen LogP contribution in [0.5, 0.6) is 0 Å². The van der Waals surface area contributed by atoms with Gasteiger partial charge in [0.2, 0.25) is 15.9 Å². The Morgan fingerprint density at radius 1 is 1.33 bits per heavy atom. The first-order valence-electron chi connectivity index (χ1n) is 4.72. The van der Waals surface area contributed by atoms with Crippen LogP contribution < -0.4 is 11.5 Å². The van der Waals surface area contributed by atoms with E-state index in [0.29, 0.717) is 0 Å². The van der Waals surface area contributed by atoms with Crippen molar-refractivity contribution >= 4 is 15.9 Å². The van der Waals surface area contributed by atoms with E-state index in [4.69, 9.17) is 11.5 Å². The smallest absolute Gasteiger partial charge is 0.232 e. The Balaban J connectivity index is 4.99. The van der Waals surface area contributed by atoms with Gasteiger partial charge >= 0.3 is 0 Å². The van der Waals surface area contributed by atoms with Crippen molar-refractivity contribution in [2.75, 3.05) is 13.1 Å². The zero-order valence-electron chi connectivity index (χ0n) is 9.30. The minimum atomic E-state index is -3.54. The van der Waals surface area contributed by atoms with E-state index in [1.165, 1.54) is 6.92 Å². The molecule has 15 heavy (non-hydrogen) atoms. The Bertz CT molecular complexity index is 313. The molecule has 0 fully saturated rings. The zero-order chi connectivity index (χ0) is 12.2. The fourth-order valence-corrected chi connectivity index (χ4v) is 2.67. The van der Waals surface area contributed by atoms with E-state index >= 15 is 0 Å². The van der Waals surface area contributed by atoms with Crippen LogP contribution in [0, 0.1) is 0 Å². The van der Waals surface area contributed by atoms with Gasteiger partial charge in [-0.3, -0.25) is 4.79 Å². The molecule has 0 spiro atoms. The van der Waals surface area contributed by atoms with Gasteiger partial charge in [0.05, 0.1) is 11.8 Å². The summed E-state index contributed by atoms with van der Waals surface area (Å²) < 4.78 is 24.8. The highest BCUT2D eigenvalue weighted by Crippen LogP contribution is 2.11. The second kappa shape index (κ2) is 5.43. The fraction of sp³-hybridized carbons (Fsp3) is 0.875. The van der Waals surface area contributed by atoms with E-state index in [1.807, 2.05) is 0 Å². The van der Waals surface area contributed by atoms with Crippen molar-refractivity contribution in [2.45, 2.75) is 32.1 Å². The van der Waals surface area contributed by atoms with Crippen molar-refractivity contribution in [3.63, 3.8) is 0 Å². The lowest BCUT2D eigenvalue weighted by molar-refractivity contribution is -0.118. The normalized spacial score (nSPS) is 14.5. The lowest BCUT2D eigenvalue weighted by Crippen LogP contribution is -2.47. The molecule has 4 N–H and O–H groups in total. The van der Waals surface area contributed by atoms with Crippen LogP contribution in [0.2, 0.25) is 0 Å². The molecule has 0 bridgehead atoms. The molecular formula is C8H19N3O3S. The molecule has 0 aromatic carbocycles. The van der Waals surface area contributed by atoms with Crippen molar-refractivity contribution in [3.8, 4) is 0 Å². The average molecular weight is 237 g/mol. The number of sulfonamides is 1. The summed E-state index contributed by atoms with van der Waals surface area (Å²) in [4.78, 5) is 10.8. The summed E-state index contributed by atoms with van der Waals surface area (Å²) in [7, 11) is -3.54. The molecule has 1 unspecified atom stereocenters. The SMILES string of the molecule is CC(C)N(CC(N)=O)S(=O)(=O)C(C)CN. The van der Waals surface area contributed by atoms with E-state index in [-0.39, 0.29) is 19.1 Å². The second-order valence-electron chi connectivity index (χ2n) is 3.70. The molecule has 0 aromatic rings. The van der Waals surface area contributed by atoms with Gasteiger partial charge in [0, 0.05) is 12.6 Å². The summed E-state index contributed by atoms with van der Waals surface area (Å²) >= 11 is 0. The van der Waals surface area contributed by atoms with E-state index in [0.717, 1.165) is 4.31 Å². The molecule has 0 saturated heterocycles. The monoisotopic (exact) mass is 237 g/mol. The highest BCUT2D eigenvalue weighted by Gasteiger charge is 2.30. The van der Waals surface area contributed by atoms with Crippen LogP contribution in [-0.4, -0.2) is 43.0 Å². The number of carbonyl (C=O) groups excluding carboxylic acids is 1. The summed E-state index contributed by atoms with van der Waals surface area (Å²) in [5.41, 5.74) is 10.3. The summed E-state index contributed by atoms with van der Waals surface area (Å²) in [6, 6.07) is -0.309. The Morgan fingerprint density at radius 3 is 2.07 bits per heavy atom. The number of carbonyl (C=O) groups is 1.